The Hall–Kier alpha value is -3.12. The summed E-state index contributed by atoms with van der Waals surface area (Å²) in [6.45, 7) is 0.0478. The van der Waals surface area contributed by atoms with Gasteiger partial charge in [-0.2, -0.15) is 0 Å². The van der Waals surface area contributed by atoms with Crippen molar-refractivity contribution in [2.45, 2.75) is 0 Å². The molecule has 0 aliphatic carbocycles. The van der Waals surface area contributed by atoms with Crippen molar-refractivity contribution < 1.29 is 9.59 Å². The third-order valence-corrected chi connectivity index (χ3v) is 4.86. The van der Waals surface area contributed by atoms with Gasteiger partial charge < -0.3 is 15.5 Å². The molecule has 0 atom stereocenters. The van der Waals surface area contributed by atoms with E-state index in [4.69, 9.17) is 0 Å². The van der Waals surface area contributed by atoms with Gasteiger partial charge in [0, 0.05) is 46.8 Å². The predicted octanol–water partition coefficient (Wildman–Crippen LogP) is 4.80. The Bertz CT molecular complexity index is 1000. The highest BCUT2D eigenvalue weighted by Crippen LogP contribution is 2.24. The van der Waals surface area contributed by atoms with Gasteiger partial charge in [0.2, 0.25) is 5.91 Å². The largest absolute Gasteiger partial charge is 0.378 e. The van der Waals surface area contributed by atoms with Crippen LogP contribution in [0.3, 0.4) is 0 Å². The molecule has 3 rings (SSSR count). The summed E-state index contributed by atoms with van der Waals surface area (Å²) in [5.41, 5.74) is 3.49. The Kier molecular flexibility index (Phi) is 6.67. The highest BCUT2D eigenvalue weighted by atomic mass is 79.9. The van der Waals surface area contributed by atoms with E-state index in [1.165, 1.54) is 0 Å². The SMILES string of the molecule is CN(C)c1ccc(NC(=O)CNc2ccc(Br)cc2C(=O)c2ccccc2)cc1. The quantitative estimate of drug-likeness (QED) is 0.506. The lowest BCUT2D eigenvalue weighted by Crippen LogP contribution is -2.22. The van der Waals surface area contributed by atoms with E-state index in [0.29, 0.717) is 16.8 Å². The molecule has 0 aromatic heterocycles. The molecule has 0 aliphatic heterocycles. The number of halogens is 1. The Morgan fingerprint density at radius 2 is 1.62 bits per heavy atom. The van der Waals surface area contributed by atoms with Gasteiger partial charge in [-0.15, -0.1) is 0 Å². The van der Waals surface area contributed by atoms with Gasteiger partial charge >= 0.3 is 0 Å². The van der Waals surface area contributed by atoms with Crippen LogP contribution in [0.25, 0.3) is 0 Å². The van der Waals surface area contributed by atoms with Crippen LogP contribution in [0.1, 0.15) is 15.9 Å². The van der Waals surface area contributed by atoms with Crippen LogP contribution in [-0.4, -0.2) is 32.3 Å². The van der Waals surface area contributed by atoms with Crippen molar-refractivity contribution in [1.29, 1.82) is 0 Å². The number of carbonyl (C=O) groups excluding carboxylic acids is 2. The monoisotopic (exact) mass is 451 g/mol. The Morgan fingerprint density at radius 3 is 2.28 bits per heavy atom. The van der Waals surface area contributed by atoms with Gasteiger partial charge in [-0.25, -0.2) is 0 Å². The molecular weight excluding hydrogens is 430 g/mol. The Balaban J connectivity index is 1.68. The predicted molar refractivity (Wildman–Crippen MR) is 122 cm³/mol. The molecule has 0 fully saturated rings. The summed E-state index contributed by atoms with van der Waals surface area (Å²) in [5.74, 6) is -0.294. The summed E-state index contributed by atoms with van der Waals surface area (Å²) in [5, 5.41) is 5.93. The summed E-state index contributed by atoms with van der Waals surface area (Å²) in [7, 11) is 3.92. The third-order valence-electron chi connectivity index (χ3n) is 4.37. The lowest BCUT2D eigenvalue weighted by molar-refractivity contribution is -0.114. The van der Waals surface area contributed by atoms with E-state index in [1.54, 1.807) is 24.3 Å². The van der Waals surface area contributed by atoms with Crippen molar-refractivity contribution in [3.63, 3.8) is 0 Å². The molecular formula is C23H22BrN3O2. The van der Waals surface area contributed by atoms with Crippen LogP contribution in [0.2, 0.25) is 0 Å². The van der Waals surface area contributed by atoms with Gasteiger partial charge in [-0.05, 0) is 42.5 Å². The highest BCUT2D eigenvalue weighted by Gasteiger charge is 2.15. The first-order chi connectivity index (χ1) is 13.9. The van der Waals surface area contributed by atoms with Crippen molar-refractivity contribution in [2.75, 3.05) is 36.2 Å². The molecule has 0 saturated carbocycles. The fraction of sp³-hybridized carbons (Fsp3) is 0.130. The number of hydrogen-bond acceptors (Lipinski definition) is 4. The third kappa shape index (κ3) is 5.45. The van der Waals surface area contributed by atoms with E-state index in [1.807, 2.05) is 67.5 Å². The van der Waals surface area contributed by atoms with Crippen LogP contribution in [0.4, 0.5) is 17.1 Å². The van der Waals surface area contributed by atoms with Gasteiger partial charge in [0.1, 0.15) is 0 Å². The maximum Gasteiger partial charge on any atom is 0.243 e. The minimum atomic E-state index is -0.191. The fourth-order valence-corrected chi connectivity index (χ4v) is 3.19. The molecule has 3 aromatic carbocycles. The Labute approximate surface area is 178 Å². The molecule has 0 unspecified atom stereocenters. The molecule has 5 nitrogen and oxygen atoms in total. The first kappa shape index (κ1) is 20.6. The number of nitrogens with one attached hydrogen (secondary N) is 2. The first-order valence-electron chi connectivity index (χ1n) is 9.14. The van der Waals surface area contributed by atoms with E-state index in [2.05, 4.69) is 26.6 Å². The van der Waals surface area contributed by atoms with E-state index in [9.17, 15) is 9.59 Å². The summed E-state index contributed by atoms with van der Waals surface area (Å²) in [4.78, 5) is 27.2. The number of benzene rings is 3. The molecule has 0 saturated heterocycles. The lowest BCUT2D eigenvalue weighted by atomic mass is 10.0. The second-order valence-corrected chi connectivity index (χ2v) is 7.64. The van der Waals surface area contributed by atoms with Crippen LogP contribution in [-0.2, 0) is 4.79 Å². The average Bonchev–Trinajstić information content (AvgIpc) is 2.73. The van der Waals surface area contributed by atoms with Gasteiger partial charge in [-0.3, -0.25) is 9.59 Å². The maximum absolute atomic E-state index is 12.9. The normalized spacial score (nSPS) is 10.3. The number of ketones is 1. The van der Waals surface area contributed by atoms with E-state index in [-0.39, 0.29) is 18.2 Å². The van der Waals surface area contributed by atoms with Crippen LogP contribution in [0, 0.1) is 0 Å². The van der Waals surface area contributed by atoms with Gasteiger partial charge in [-0.1, -0.05) is 46.3 Å². The number of carbonyl (C=O) groups is 2. The minimum Gasteiger partial charge on any atom is -0.378 e. The van der Waals surface area contributed by atoms with E-state index < -0.39 is 0 Å². The summed E-state index contributed by atoms with van der Waals surface area (Å²) < 4.78 is 0.799. The summed E-state index contributed by atoms with van der Waals surface area (Å²) in [6, 6.07) is 22.1. The van der Waals surface area contributed by atoms with Crippen LogP contribution < -0.4 is 15.5 Å². The molecule has 0 aliphatic rings. The standard InChI is InChI=1S/C23H22BrN3O2/c1-27(2)19-11-9-18(10-12-19)26-22(28)15-25-21-13-8-17(24)14-20(21)23(29)16-6-4-3-5-7-16/h3-14,25H,15H2,1-2H3,(H,26,28). The highest BCUT2D eigenvalue weighted by molar-refractivity contribution is 9.10. The second-order valence-electron chi connectivity index (χ2n) is 6.73. The van der Waals surface area contributed by atoms with Crippen molar-refractivity contribution in [1.82, 2.24) is 0 Å². The summed E-state index contributed by atoms with van der Waals surface area (Å²) in [6.07, 6.45) is 0. The average molecular weight is 452 g/mol. The van der Waals surface area contributed by atoms with Gasteiger partial charge in [0.25, 0.3) is 0 Å². The van der Waals surface area contributed by atoms with Crippen LogP contribution >= 0.6 is 15.9 Å². The maximum atomic E-state index is 12.9. The fourth-order valence-electron chi connectivity index (χ4n) is 2.83. The molecule has 3 aromatic rings. The van der Waals surface area contributed by atoms with E-state index in [0.717, 1.165) is 15.8 Å². The molecule has 29 heavy (non-hydrogen) atoms. The zero-order valence-corrected chi connectivity index (χ0v) is 17.9. The van der Waals surface area contributed by atoms with Crippen molar-refractivity contribution in [2.24, 2.45) is 0 Å². The zero-order chi connectivity index (χ0) is 20.8. The number of anilines is 3. The molecule has 0 radical (unpaired) electrons. The molecule has 6 heteroatoms. The molecule has 0 spiro atoms. The lowest BCUT2D eigenvalue weighted by Gasteiger charge is -2.14. The summed E-state index contributed by atoms with van der Waals surface area (Å²) >= 11 is 3.41. The number of amides is 1. The first-order valence-corrected chi connectivity index (χ1v) is 9.94. The molecule has 0 bridgehead atoms. The van der Waals surface area contributed by atoms with Crippen molar-refractivity contribution in [3.05, 3.63) is 88.4 Å². The number of hydrogen-bond donors (Lipinski definition) is 2. The second kappa shape index (κ2) is 9.39. The van der Waals surface area contributed by atoms with E-state index >= 15 is 0 Å². The molecule has 148 valence electrons. The van der Waals surface area contributed by atoms with Crippen LogP contribution in [0.5, 0.6) is 0 Å². The topological polar surface area (TPSA) is 61.4 Å². The van der Waals surface area contributed by atoms with Crippen molar-refractivity contribution >= 4 is 44.7 Å². The number of nitrogens with zero attached hydrogens (tertiary/aromatic N) is 1. The smallest absolute Gasteiger partial charge is 0.243 e. The van der Waals surface area contributed by atoms with Crippen LogP contribution in [0.15, 0.2) is 77.3 Å². The zero-order valence-electron chi connectivity index (χ0n) is 16.3. The molecule has 1 amide bonds. The van der Waals surface area contributed by atoms with Gasteiger partial charge in [0.05, 0.1) is 6.54 Å². The molecule has 2 N–H and O–H groups in total. The Morgan fingerprint density at radius 1 is 0.931 bits per heavy atom. The molecule has 0 heterocycles. The number of rotatable bonds is 7. The van der Waals surface area contributed by atoms with Crippen molar-refractivity contribution in [3.8, 4) is 0 Å². The minimum absolute atomic E-state index is 0.0478. The van der Waals surface area contributed by atoms with Gasteiger partial charge in [0.15, 0.2) is 5.78 Å².